The lowest BCUT2D eigenvalue weighted by molar-refractivity contribution is -0.114. The Labute approximate surface area is 758 Å². The average molecular weight is 1780 g/mol. The summed E-state index contributed by atoms with van der Waals surface area (Å²) in [5.41, 5.74) is 19.4. The number of carbonyl (C=O) groups is 5. The number of nitrogen functional groups attached to an aromatic ring is 1. The van der Waals surface area contributed by atoms with Crippen LogP contribution in [0.1, 0.15) is 70.6 Å². The highest BCUT2D eigenvalue weighted by atomic mass is 32.2. The first-order chi connectivity index (χ1) is 63.4. The molecule has 4 heterocycles. The summed E-state index contributed by atoms with van der Waals surface area (Å²) < 4.78 is 50.8. The molecule has 8 N–H and O–H groups in total. The molecule has 0 unspecified atom stereocenters. The van der Waals surface area contributed by atoms with Gasteiger partial charge in [0, 0.05) is 57.1 Å². The number of aromatic hydroxyl groups is 4. The van der Waals surface area contributed by atoms with Crippen molar-refractivity contribution < 1.29 is 76.5 Å². The maximum atomic E-state index is 12.0. The number of sulfonamides is 1. The molecule has 0 aliphatic heterocycles. The first-order valence-corrected chi connectivity index (χ1v) is 42.3. The second kappa shape index (κ2) is 41.4. The van der Waals surface area contributed by atoms with E-state index in [4.69, 9.17) is 29.4 Å². The van der Waals surface area contributed by atoms with E-state index in [1.54, 1.807) is 188 Å². The van der Waals surface area contributed by atoms with Crippen LogP contribution in [0.2, 0.25) is 0 Å². The predicted octanol–water partition coefficient (Wildman–Crippen LogP) is 17.6. The zero-order chi connectivity index (χ0) is 94.0. The van der Waals surface area contributed by atoms with E-state index >= 15 is 0 Å². The number of aromatic nitrogens is 12. The number of nitrogens with two attached hydrogens (primary N) is 1. The van der Waals surface area contributed by atoms with Gasteiger partial charge in [-0.05, 0) is 183 Å². The molecule has 0 bridgehead atoms. The normalized spacial score (nSPS) is 10.8. The number of para-hydroxylation sites is 3. The van der Waals surface area contributed by atoms with Gasteiger partial charge in [0.15, 0.2) is 69.9 Å². The number of methoxy groups -OCH3 is 5. The molecule has 0 saturated carbocycles. The number of hydrogen-bond acceptors (Lipinski definition) is 29. The van der Waals surface area contributed by atoms with E-state index < -0.39 is 33.9 Å². The van der Waals surface area contributed by atoms with E-state index in [1.165, 1.54) is 42.5 Å². The van der Waals surface area contributed by atoms with Crippen molar-refractivity contribution in [3.63, 3.8) is 0 Å². The largest absolute Gasteiger partial charge is 0.507 e. The minimum absolute atomic E-state index is 0.00307. The molecule has 31 nitrogen and oxygen atoms in total. The fourth-order valence-electron chi connectivity index (χ4n) is 13.3. The third-order valence-electron chi connectivity index (χ3n) is 19.9. The van der Waals surface area contributed by atoms with E-state index in [9.17, 15) is 52.8 Å². The Morgan fingerprint density at radius 2 is 0.583 bits per heavy atom. The molecule has 132 heavy (non-hydrogen) atoms. The maximum Gasteiger partial charge on any atom is 0.341 e. The van der Waals surface area contributed by atoms with Crippen LogP contribution in [0.15, 0.2) is 267 Å². The van der Waals surface area contributed by atoms with Crippen molar-refractivity contribution >= 4 is 56.9 Å². The molecular weight excluding hydrogens is 1700 g/mol. The van der Waals surface area contributed by atoms with E-state index in [0.29, 0.717) is 153 Å². The van der Waals surface area contributed by atoms with Gasteiger partial charge in [-0.3, -0.25) is 9.52 Å². The van der Waals surface area contributed by atoms with Gasteiger partial charge in [0.2, 0.25) is 15.9 Å². The quantitative estimate of drug-likeness (QED) is 0.0212. The standard InChI is InChI=1S/C26H22N4O4.C25H22N4O5S.C25H21N3O4.C24H20N4O3/c1-15-8-13-20(22(32)14-15)25-29-23(17-9-11-18(12-10-17)26(33)34-3)28-24(30-25)19-6-4-5-7-21(19)27-16(2)31;1-15-8-13-19(21(30)14-15)24-27-22(16-9-11-17(12-10-16)25(31)34-2)26-23(28-24)18-6-4-5-7-20(18)29-35(3,32)33;1-15-9-11-18(20(29)13-15)24-27-22(16-7-5-4-6-8-16)26-23(28-24)17-10-12-19(25(30)32-3)21(14-17)31-2;1-14-7-12-18(20(29)13-14)23-27-21(15-8-10-16(11-9-15)24(30)31-2)26-22(28-23)17-5-3-4-6-19(17)25/h4-14,32H,1-3H3,(H,27,31);4-14,29-30H,1-3H3;4-14,29H,1-3H3;3-13,29H,25H2,1-2H3. The maximum absolute atomic E-state index is 12.0. The SMILES string of the molecule is COC(=O)c1ccc(-c2nc(-c3ccc(C)cc3O)nc(-c3ccccc3NC(C)=O)n2)cc1.COC(=O)c1ccc(-c2nc(-c3ccc(C)cc3O)nc(-c3ccccc3NS(C)(=O)=O)n2)cc1.COC(=O)c1ccc(-c2nc(-c3ccccc3)nc(-c3ccc(C)cc3O)n2)cc1OC.COC(=O)c1ccc(-c2nc(-c3ccccc3N)nc(-c3ccc(C)cc3O)n2)cc1. The summed E-state index contributed by atoms with van der Waals surface area (Å²) in [5, 5.41) is 44.9. The first kappa shape index (κ1) is 92.3. The number of rotatable bonds is 20. The summed E-state index contributed by atoms with van der Waals surface area (Å²) in [7, 11) is 3.18. The molecule has 4 aromatic heterocycles. The van der Waals surface area contributed by atoms with Gasteiger partial charge < -0.3 is 55.2 Å². The predicted molar refractivity (Wildman–Crippen MR) is 499 cm³/mol. The Balaban J connectivity index is 0.000000150. The number of nitrogens with zero attached hydrogens (tertiary/aromatic N) is 12. The molecule has 662 valence electrons. The number of esters is 4. The average Bonchev–Trinajstić information content (AvgIpc) is 0.802. The Kier molecular flexibility index (Phi) is 28.9. The lowest BCUT2D eigenvalue weighted by Crippen LogP contribution is -2.11. The molecular formula is C100H85N15O16S. The van der Waals surface area contributed by atoms with Crippen molar-refractivity contribution in [1.82, 2.24) is 59.8 Å². The van der Waals surface area contributed by atoms with Crippen molar-refractivity contribution in [2.45, 2.75) is 34.6 Å². The van der Waals surface area contributed by atoms with E-state index in [2.05, 4.69) is 69.8 Å². The van der Waals surface area contributed by atoms with E-state index in [-0.39, 0.29) is 52.2 Å². The first-order valence-electron chi connectivity index (χ1n) is 40.4. The summed E-state index contributed by atoms with van der Waals surface area (Å²) in [5.74, 6) is 2.34. The molecule has 0 aliphatic carbocycles. The van der Waals surface area contributed by atoms with Gasteiger partial charge in [-0.2, -0.15) is 0 Å². The molecule has 32 heteroatoms. The van der Waals surface area contributed by atoms with Crippen molar-refractivity contribution in [3.8, 4) is 165 Å². The van der Waals surface area contributed by atoms with Gasteiger partial charge in [-0.1, -0.05) is 133 Å². The number of aryl methyl sites for hydroxylation is 4. The van der Waals surface area contributed by atoms with Gasteiger partial charge in [0.25, 0.3) is 0 Å². The Bertz CT molecular complexity index is 7160. The van der Waals surface area contributed by atoms with Crippen LogP contribution in [0.3, 0.4) is 0 Å². The van der Waals surface area contributed by atoms with Crippen molar-refractivity contribution in [1.29, 1.82) is 0 Å². The number of phenols is 4. The zero-order valence-corrected chi connectivity index (χ0v) is 73.8. The zero-order valence-electron chi connectivity index (χ0n) is 72.9. The summed E-state index contributed by atoms with van der Waals surface area (Å²) in [6.07, 6.45) is 1.06. The van der Waals surface area contributed by atoms with Crippen LogP contribution in [0.4, 0.5) is 17.1 Å². The van der Waals surface area contributed by atoms with Crippen molar-refractivity contribution in [2.24, 2.45) is 0 Å². The van der Waals surface area contributed by atoms with E-state index in [1.807, 2.05) is 107 Å². The Hall–Kier alpha value is -17.4. The van der Waals surface area contributed by atoms with Crippen LogP contribution in [0.5, 0.6) is 28.7 Å². The molecule has 0 spiro atoms. The second-order valence-corrected chi connectivity index (χ2v) is 31.3. The van der Waals surface area contributed by atoms with Gasteiger partial charge in [-0.25, -0.2) is 87.4 Å². The highest BCUT2D eigenvalue weighted by Crippen LogP contribution is 2.39. The minimum atomic E-state index is -3.56. The molecule has 1 amide bonds. The highest BCUT2D eigenvalue weighted by molar-refractivity contribution is 7.92. The van der Waals surface area contributed by atoms with Gasteiger partial charge in [-0.15, -0.1) is 0 Å². The fourth-order valence-corrected chi connectivity index (χ4v) is 13.9. The minimum Gasteiger partial charge on any atom is -0.507 e. The summed E-state index contributed by atoms with van der Waals surface area (Å²) in [4.78, 5) is 114. The number of carbonyl (C=O) groups excluding carboxylic acids is 5. The van der Waals surface area contributed by atoms with Crippen LogP contribution in [-0.4, -0.2) is 160 Å². The van der Waals surface area contributed by atoms with Crippen LogP contribution >= 0.6 is 0 Å². The van der Waals surface area contributed by atoms with E-state index in [0.717, 1.165) is 34.1 Å². The summed E-state index contributed by atoms with van der Waals surface area (Å²) in [6.45, 7) is 8.94. The third-order valence-corrected chi connectivity index (χ3v) is 20.4. The molecule has 12 aromatic carbocycles. The number of ether oxygens (including phenoxy) is 5. The molecule has 0 radical (unpaired) electrons. The Morgan fingerprint density at radius 3 is 0.917 bits per heavy atom. The number of benzene rings is 12. The summed E-state index contributed by atoms with van der Waals surface area (Å²) >= 11 is 0. The van der Waals surface area contributed by atoms with Crippen molar-refractivity contribution in [2.75, 3.05) is 57.6 Å². The smallest absolute Gasteiger partial charge is 0.341 e. The lowest BCUT2D eigenvalue weighted by Gasteiger charge is -2.13. The molecule has 0 fully saturated rings. The Morgan fingerprint density at radius 1 is 0.303 bits per heavy atom. The molecule has 0 aliphatic rings. The topological polar surface area (TPSA) is 451 Å². The van der Waals surface area contributed by atoms with Gasteiger partial charge >= 0.3 is 23.9 Å². The number of hydrogen-bond donors (Lipinski definition) is 7. The van der Waals surface area contributed by atoms with Gasteiger partial charge in [0.1, 0.15) is 34.3 Å². The monoisotopic (exact) mass is 1780 g/mol. The van der Waals surface area contributed by atoms with Crippen LogP contribution < -0.4 is 20.5 Å². The molecule has 0 atom stereocenters. The van der Waals surface area contributed by atoms with Gasteiger partial charge in [0.05, 0.1) is 92.1 Å². The number of phenolic OH excluding ortho intramolecular Hbond substituents is 4. The van der Waals surface area contributed by atoms with Crippen LogP contribution in [0.25, 0.3) is 137 Å². The second-order valence-electron chi connectivity index (χ2n) is 29.5. The lowest BCUT2D eigenvalue weighted by atomic mass is 10.1. The molecule has 0 saturated heterocycles. The number of nitrogens with one attached hydrogen (secondary N) is 2. The van der Waals surface area contributed by atoms with Crippen LogP contribution in [-0.2, 0) is 33.8 Å². The molecule has 16 rings (SSSR count). The van der Waals surface area contributed by atoms with Crippen molar-refractivity contribution in [3.05, 3.63) is 311 Å². The third kappa shape index (κ3) is 22.5. The fraction of sp³-hybridized carbons (Fsp3) is 0.110. The molecule has 16 aromatic rings. The summed E-state index contributed by atoms with van der Waals surface area (Å²) in [6, 6.07) is 76.6. The highest BCUT2D eigenvalue weighted by Gasteiger charge is 2.25. The number of anilines is 3. The van der Waals surface area contributed by atoms with Crippen LogP contribution in [0, 0.1) is 27.7 Å². The number of amides is 1.